The molecule has 3 aromatic carbocycles. The number of sulfone groups is 1. The zero-order valence-corrected chi connectivity index (χ0v) is 18.0. The van der Waals surface area contributed by atoms with Gasteiger partial charge in [0.2, 0.25) is 9.84 Å². The summed E-state index contributed by atoms with van der Waals surface area (Å²) >= 11 is 6.01. The Bertz CT molecular complexity index is 1250. The fourth-order valence-electron chi connectivity index (χ4n) is 3.54. The number of hydrogen-bond donors (Lipinski definition) is 1. The number of anilines is 1. The zero-order valence-electron chi connectivity index (χ0n) is 16.4. The first-order chi connectivity index (χ1) is 14.8. The predicted molar refractivity (Wildman–Crippen MR) is 118 cm³/mol. The smallest absolute Gasteiger partial charge is 0.295 e. The van der Waals surface area contributed by atoms with E-state index in [9.17, 15) is 18.3 Å². The van der Waals surface area contributed by atoms with E-state index in [2.05, 4.69) is 0 Å². The second-order valence-corrected chi connectivity index (χ2v) is 9.21. The van der Waals surface area contributed by atoms with E-state index < -0.39 is 27.5 Å². The Hall–Kier alpha value is -3.29. The maximum atomic E-state index is 13.5. The van der Waals surface area contributed by atoms with Gasteiger partial charge in [-0.05, 0) is 54.1 Å². The number of carbonyl (C=O) groups is 1. The number of ether oxygens (including phenoxy) is 1. The third-order valence-corrected chi connectivity index (χ3v) is 7.18. The standard InChI is InChI=1S/C23H18ClNO5S/c1-30-18-13-11-17(12-14-18)25-20(15-7-9-16(24)10-8-15)22(21(26)23(25)27)31(28,29)19-5-3-2-4-6-19/h2-14,20,26H,1H3/t20-/m0/s1. The summed E-state index contributed by atoms with van der Waals surface area (Å²) in [5.74, 6) is -1.04. The largest absolute Gasteiger partial charge is 0.502 e. The average Bonchev–Trinajstić information content (AvgIpc) is 3.06. The molecule has 0 unspecified atom stereocenters. The lowest BCUT2D eigenvalue weighted by Crippen LogP contribution is -2.31. The van der Waals surface area contributed by atoms with Gasteiger partial charge < -0.3 is 9.84 Å². The van der Waals surface area contributed by atoms with E-state index in [1.165, 1.54) is 24.1 Å². The number of amides is 1. The molecule has 6 nitrogen and oxygen atoms in total. The van der Waals surface area contributed by atoms with Crippen LogP contribution in [0, 0.1) is 0 Å². The van der Waals surface area contributed by atoms with Crippen molar-refractivity contribution in [1.29, 1.82) is 0 Å². The molecule has 8 heteroatoms. The van der Waals surface area contributed by atoms with Crippen LogP contribution in [0.25, 0.3) is 0 Å². The molecule has 0 spiro atoms. The quantitative estimate of drug-likeness (QED) is 0.603. The molecule has 1 amide bonds. The van der Waals surface area contributed by atoms with E-state index in [0.29, 0.717) is 22.0 Å². The van der Waals surface area contributed by atoms with Crippen LogP contribution in [0.15, 0.2) is 94.4 Å². The molecule has 0 fully saturated rings. The summed E-state index contributed by atoms with van der Waals surface area (Å²) in [6.07, 6.45) is 0. The summed E-state index contributed by atoms with van der Waals surface area (Å²) in [6.45, 7) is 0. The second kappa shape index (κ2) is 8.09. The molecular formula is C23H18ClNO5S. The van der Waals surface area contributed by atoms with Crippen LogP contribution < -0.4 is 9.64 Å². The van der Waals surface area contributed by atoms with Gasteiger partial charge in [0.25, 0.3) is 5.91 Å². The molecule has 3 aromatic rings. The minimum Gasteiger partial charge on any atom is -0.502 e. The molecule has 0 bridgehead atoms. The van der Waals surface area contributed by atoms with Gasteiger partial charge in [0.1, 0.15) is 16.7 Å². The molecule has 4 rings (SSSR count). The number of benzene rings is 3. The maximum Gasteiger partial charge on any atom is 0.295 e. The number of carbonyl (C=O) groups excluding carboxylic acids is 1. The monoisotopic (exact) mass is 455 g/mol. The molecule has 0 aliphatic carbocycles. The maximum absolute atomic E-state index is 13.5. The van der Waals surface area contributed by atoms with Crippen molar-refractivity contribution in [3.05, 3.63) is 100 Å². The Balaban J connectivity index is 1.92. The van der Waals surface area contributed by atoms with Crippen LogP contribution in [0.1, 0.15) is 11.6 Å². The first-order valence-corrected chi connectivity index (χ1v) is 11.2. The third kappa shape index (κ3) is 3.66. The van der Waals surface area contributed by atoms with Gasteiger partial charge in [-0.25, -0.2) is 8.42 Å². The number of hydrogen-bond acceptors (Lipinski definition) is 5. The minimum absolute atomic E-state index is 0.0140. The van der Waals surface area contributed by atoms with Crippen LogP contribution >= 0.6 is 11.6 Å². The van der Waals surface area contributed by atoms with E-state index in [-0.39, 0.29) is 9.80 Å². The fraction of sp³-hybridized carbons (Fsp3) is 0.0870. The van der Waals surface area contributed by atoms with Gasteiger partial charge in [0.15, 0.2) is 5.76 Å². The first-order valence-electron chi connectivity index (χ1n) is 9.31. The summed E-state index contributed by atoms with van der Waals surface area (Å²) < 4.78 is 32.1. The zero-order chi connectivity index (χ0) is 22.2. The number of aliphatic hydroxyl groups is 1. The van der Waals surface area contributed by atoms with Crippen molar-refractivity contribution in [3.8, 4) is 5.75 Å². The number of halogens is 1. The Morgan fingerprint density at radius 3 is 2.13 bits per heavy atom. The van der Waals surface area contributed by atoms with E-state index in [4.69, 9.17) is 16.3 Å². The van der Waals surface area contributed by atoms with Gasteiger partial charge in [-0.2, -0.15) is 0 Å². The Morgan fingerprint density at radius 2 is 1.55 bits per heavy atom. The van der Waals surface area contributed by atoms with Crippen LogP contribution in [0.2, 0.25) is 5.02 Å². The molecule has 0 aromatic heterocycles. The van der Waals surface area contributed by atoms with Crippen molar-refractivity contribution >= 4 is 33.0 Å². The summed E-state index contributed by atoms with van der Waals surface area (Å²) in [6, 6.07) is 19.7. The molecule has 31 heavy (non-hydrogen) atoms. The van der Waals surface area contributed by atoms with Crippen LogP contribution in [-0.4, -0.2) is 26.5 Å². The lowest BCUT2D eigenvalue weighted by Gasteiger charge is -2.27. The number of nitrogens with zero attached hydrogens (tertiary/aromatic N) is 1. The van der Waals surface area contributed by atoms with Gasteiger partial charge in [0, 0.05) is 10.7 Å². The van der Waals surface area contributed by atoms with Crippen LogP contribution in [0.4, 0.5) is 5.69 Å². The topological polar surface area (TPSA) is 83.9 Å². The highest BCUT2D eigenvalue weighted by Crippen LogP contribution is 2.45. The molecule has 1 aliphatic rings. The predicted octanol–water partition coefficient (Wildman–Crippen LogP) is 4.68. The van der Waals surface area contributed by atoms with Crippen molar-refractivity contribution in [3.63, 3.8) is 0 Å². The first kappa shape index (κ1) is 21.0. The molecule has 1 heterocycles. The summed E-state index contributed by atoms with van der Waals surface area (Å²) in [5.41, 5.74) is 0.905. The molecule has 1 aliphatic heterocycles. The van der Waals surface area contributed by atoms with E-state index in [1.54, 1.807) is 66.7 Å². The lowest BCUT2D eigenvalue weighted by atomic mass is 10.1. The Labute approximate surface area is 184 Å². The molecular weight excluding hydrogens is 438 g/mol. The van der Waals surface area contributed by atoms with Crippen molar-refractivity contribution in [2.24, 2.45) is 0 Å². The molecule has 1 N–H and O–H groups in total. The van der Waals surface area contributed by atoms with Crippen molar-refractivity contribution in [2.75, 3.05) is 12.0 Å². The highest BCUT2D eigenvalue weighted by Gasteiger charge is 2.47. The van der Waals surface area contributed by atoms with Gasteiger partial charge >= 0.3 is 0 Å². The fourth-order valence-corrected chi connectivity index (χ4v) is 5.31. The van der Waals surface area contributed by atoms with E-state index >= 15 is 0 Å². The molecule has 158 valence electrons. The summed E-state index contributed by atoms with van der Waals surface area (Å²) in [4.78, 5) is 14.0. The minimum atomic E-state index is -4.17. The molecule has 1 atom stereocenters. The van der Waals surface area contributed by atoms with Crippen molar-refractivity contribution in [2.45, 2.75) is 10.9 Å². The van der Waals surface area contributed by atoms with Crippen LogP contribution in [0.3, 0.4) is 0 Å². The number of rotatable bonds is 5. The summed E-state index contributed by atoms with van der Waals surface area (Å²) in [7, 11) is -2.65. The second-order valence-electron chi connectivity index (χ2n) is 6.86. The lowest BCUT2D eigenvalue weighted by molar-refractivity contribution is -0.117. The van der Waals surface area contributed by atoms with Gasteiger partial charge in [0.05, 0.1) is 12.0 Å². The number of aliphatic hydroxyl groups excluding tert-OH is 1. The Kier molecular flexibility index (Phi) is 5.47. The van der Waals surface area contributed by atoms with Crippen molar-refractivity contribution in [1.82, 2.24) is 0 Å². The normalized spacial score (nSPS) is 16.6. The van der Waals surface area contributed by atoms with Crippen LogP contribution in [-0.2, 0) is 14.6 Å². The van der Waals surface area contributed by atoms with Crippen LogP contribution in [0.5, 0.6) is 5.75 Å². The highest BCUT2D eigenvalue weighted by atomic mass is 35.5. The number of methoxy groups -OCH3 is 1. The molecule has 0 saturated heterocycles. The Morgan fingerprint density at radius 1 is 0.935 bits per heavy atom. The molecule has 0 radical (unpaired) electrons. The summed E-state index contributed by atoms with van der Waals surface area (Å²) in [5, 5.41) is 11.2. The molecule has 0 saturated carbocycles. The highest BCUT2D eigenvalue weighted by molar-refractivity contribution is 7.95. The van der Waals surface area contributed by atoms with E-state index in [1.807, 2.05) is 0 Å². The average molecular weight is 456 g/mol. The van der Waals surface area contributed by atoms with Gasteiger partial charge in [-0.15, -0.1) is 0 Å². The van der Waals surface area contributed by atoms with Gasteiger partial charge in [-0.1, -0.05) is 41.9 Å². The van der Waals surface area contributed by atoms with E-state index in [0.717, 1.165) is 0 Å². The SMILES string of the molecule is COc1ccc(N2C(=O)C(O)=C(S(=O)(=O)c3ccccc3)[C@@H]2c2ccc(Cl)cc2)cc1. The van der Waals surface area contributed by atoms with Crippen molar-refractivity contribution < 1.29 is 23.1 Å². The van der Waals surface area contributed by atoms with Gasteiger partial charge in [-0.3, -0.25) is 9.69 Å². The third-order valence-electron chi connectivity index (χ3n) is 5.04.